The zero-order valence-electron chi connectivity index (χ0n) is 4.20. The van der Waals surface area contributed by atoms with Crippen molar-refractivity contribution in [2.24, 2.45) is 0 Å². The van der Waals surface area contributed by atoms with Crippen LogP contribution in [0.1, 0.15) is 10.5 Å². The Morgan fingerprint density at radius 1 is 1.89 bits per heavy atom. The van der Waals surface area contributed by atoms with Gasteiger partial charge in [0.1, 0.15) is 11.9 Å². The van der Waals surface area contributed by atoms with Crippen molar-refractivity contribution < 1.29 is 9.08 Å². The predicted octanol–water partition coefficient (Wildman–Crippen LogP) is 1.45. The van der Waals surface area contributed by atoms with Crippen molar-refractivity contribution >= 4 is 29.2 Å². The van der Waals surface area contributed by atoms with Crippen LogP contribution in [-0.2, 0) is 4.29 Å². The average Bonchev–Trinajstić information content (AvgIpc) is 2.37. The lowest BCUT2D eigenvalue weighted by atomic mass is 10.5. The molecule has 1 heterocycles. The SMILES string of the molecule is O=C(OCl)c1cscn1. The third-order valence-electron chi connectivity index (χ3n) is 0.712. The summed E-state index contributed by atoms with van der Waals surface area (Å²) < 4.78 is 3.87. The Kier molecular flexibility index (Phi) is 2.02. The molecule has 0 fully saturated rings. The highest BCUT2D eigenvalue weighted by Gasteiger charge is 2.06. The number of halogens is 1. The van der Waals surface area contributed by atoms with Gasteiger partial charge in [-0.1, -0.05) is 0 Å². The molecule has 3 nitrogen and oxygen atoms in total. The van der Waals surface area contributed by atoms with Crippen LogP contribution in [0, 0.1) is 0 Å². The van der Waals surface area contributed by atoms with Gasteiger partial charge < -0.3 is 4.29 Å². The van der Waals surface area contributed by atoms with Gasteiger partial charge in [-0.25, -0.2) is 9.78 Å². The van der Waals surface area contributed by atoms with Crippen molar-refractivity contribution in [1.82, 2.24) is 4.98 Å². The largest absolute Gasteiger partial charge is 0.375 e. The van der Waals surface area contributed by atoms with Crippen LogP contribution >= 0.6 is 23.2 Å². The van der Waals surface area contributed by atoms with Crippen LogP contribution < -0.4 is 0 Å². The minimum absolute atomic E-state index is 0.245. The molecule has 0 unspecified atom stereocenters. The number of aromatic nitrogens is 1. The van der Waals surface area contributed by atoms with Crippen LogP contribution in [0.3, 0.4) is 0 Å². The highest BCUT2D eigenvalue weighted by atomic mass is 35.5. The molecule has 0 N–H and O–H groups in total. The molecule has 0 aliphatic rings. The van der Waals surface area contributed by atoms with E-state index in [4.69, 9.17) is 11.9 Å². The molecule has 1 aromatic rings. The molecule has 1 aromatic heterocycles. The topological polar surface area (TPSA) is 39.2 Å². The minimum atomic E-state index is -0.613. The van der Waals surface area contributed by atoms with Crippen molar-refractivity contribution in [2.75, 3.05) is 0 Å². The maximum Gasteiger partial charge on any atom is 0.375 e. The quantitative estimate of drug-likeness (QED) is 0.629. The van der Waals surface area contributed by atoms with Crippen molar-refractivity contribution in [3.05, 3.63) is 16.6 Å². The van der Waals surface area contributed by atoms with Crippen molar-refractivity contribution in [3.63, 3.8) is 0 Å². The Morgan fingerprint density at radius 2 is 2.67 bits per heavy atom. The van der Waals surface area contributed by atoms with Crippen molar-refractivity contribution in [3.8, 4) is 0 Å². The third-order valence-corrected chi connectivity index (χ3v) is 1.44. The van der Waals surface area contributed by atoms with Gasteiger partial charge in [-0.05, 0) is 0 Å². The van der Waals surface area contributed by atoms with Crippen LogP contribution in [0.4, 0.5) is 0 Å². The van der Waals surface area contributed by atoms with E-state index in [0.29, 0.717) is 0 Å². The zero-order valence-corrected chi connectivity index (χ0v) is 5.78. The molecule has 0 bridgehead atoms. The van der Waals surface area contributed by atoms with E-state index in [9.17, 15) is 4.79 Å². The van der Waals surface area contributed by atoms with Crippen LogP contribution in [0.5, 0.6) is 0 Å². The van der Waals surface area contributed by atoms with E-state index in [-0.39, 0.29) is 5.69 Å². The first-order valence-corrected chi connectivity index (χ1v) is 3.31. The van der Waals surface area contributed by atoms with Gasteiger partial charge in [0.15, 0.2) is 5.69 Å². The number of thiazole rings is 1. The van der Waals surface area contributed by atoms with Gasteiger partial charge in [-0.2, -0.15) is 0 Å². The summed E-state index contributed by atoms with van der Waals surface area (Å²) in [6.45, 7) is 0. The number of hydrogen-bond acceptors (Lipinski definition) is 4. The highest BCUT2D eigenvalue weighted by molar-refractivity contribution is 7.07. The number of nitrogens with zero attached hydrogens (tertiary/aromatic N) is 1. The molecular weight excluding hydrogens is 162 g/mol. The monoisotopic (exact) mass is 163 g/mol. The Balaban J connectivity index is 2.77. The molecule has 0 amide bonds. The number of hydrogen-bond donors (Lipinski definition) is 0. The Morgan fingerprint density at radius 3 is 3.11 bits per heavy atom. The molecule has 0 aromatic carbocycles. The molecule has 1 rings (SSSR count). The fraction of sp³-hybridized carbons (Fsp3) is 0. The van der Waals surface area contributed by atoms with E-state index in [2.05, 4.69) is 9.27 Å². The van der Waals surface area contributed by atoms with E-state index >= 15 is 0 Å². The number of carbonyl (C=O) groups excluding carboxylic acids is 1. The molecule has 5 heteroatoms. The Bertz CT molecular complexity index is 198. The molecule has 0 atom stereocenters. The number of carbonyl (C=O) groups is 1. The summed E-state index contributed by atoms with van der Waals surface area (Å²) in [4.78, 5) is 14.1. The summed E-state index contributed by atoms with van der Waals surface area (Å²) in [7, 11) is 0. The average molecular weight is 164 g/mol. The van der Waals surface area contributed by atoms with Crippen LogP contribution in [0.25, 0.3) is 0 Å². The van der Waals surface area contributed by atoms with E-state index in [0.717, 1.165) is 0 Å². The predicted molar refractivity (Wildman–Crippen MR) is 33.4 cm³/mol. The maximum absolute atomic E-state index is 10.5. The minimum Gasteiger partial charge on any atom is -0.342 e. The van der Waals surface area contributed by atoms with Crippen molar-refractivity contribution in [1.29, 1.82) is 0 Å². The molecular formula is C4H2ClNO2S. The van der Waals surface area contributed by atoms with Gasteiger partial charge in [0.2, 0.25) is 0 Å². The summed E-state index contributed by atoms with van der Waals surface area (Å²) >= 11 is 6.07. The van der Waals surface area contributed by atoms with Gasteiger partial charge in [0, 0.05) is 5.38 Å². The second-order valence-corrected chi connectivity index (χ2v) is 2.11. The van der Waals surface area contributed by atoms with E-state index in [1.807, 2.05) is 0 Å². The fourth-order valence-corrected chi connectivity index (χ4v) is 0.953. The summed E-state index contributed by atoms with van der Waals surface area (Å²) in [5.74, 6) is -0.613. The van der Waals surface area contributed by atoms with Crippen LogP contribution in [0.15, 0.2) is 10.9 Å². The van der Waals surface area contributed by atoms with E-state index in [1.165, 1.54) is 16.8 Å². The normalized spacial score (nSPS) is 9.00. The lowest BCUT2D eigenvalue weighted by Gasteiger charge is -1.84. The van der Waals surface area contributed by atoms with Gasteiger partial charge in [-0.3, -0.25) is 0 Å². The molecule has 9 heavy (non-hydrogen) atoms. The first-order valence-electron chi connectivity index (χ1n) is 2.05. The third kappa shape index (κ3) is 1.40. The number of rotatable bonds is 1. The zero-order chi connectivity index (χ0) is 6.69. The summed E-state index contributed by atoms with van der Waals surface area (Å²) in [5, 5.41) is 1.56. The molecule has 0 spiro atoms. The van der Waals surface area contributed by atoms with Gasteiger partial charge in [0.25, 0.3) is 0 Å². The second-order valence-electron chi connectivity index (χ2n) is 1.24. The van der Waals surface area contributed by atoms with E-state index in [1.54, 1.807) is 5.38 Å². The first kappa shape index (κ1) is 6.51. The molecule has 0 saturated heterocycles. The molecule has 0 radical (unpaired) electrons. The summed E-state index contributed by atoms with van der Waals surface area (Å²) in [5.41, 5.74) is 1.78. The first-order chi connectivity index (χ1) is 4.34. The standard InChI is InChI=1S/C4H2ClNO2S/c5-8-4(7)3-1-9-2-6-3/h1-2H. The molecule has 0 aliphatic carbocycles. The van der Waals surface area contributed by atoms with E-state index < -0.39 is 5.97 Å². The Hall–Kier alpha value is -0.610. The molecule has 0 aliphatic heterocycles. The lowest BCUT2D eigenvalue weighted by Crippen LogP contribution is -1.96. The van der Waals surface area contributed by atoms with Crippen molar-refractivity contribution in [2.45, 2.75) is 0 Å². The second kappa shape index (κ2) is 2.80. The Labute approximate surface area is 60.4 Å². The molecule has 48 valence electrons. The van der Waals surface area contributed by atoms with Crippen LogP contribution in [0.2, 0.25) is 0 Å². The fourth-order valence-electron chi connectivity index (χ4n) is 0.353. The summed E-state index contributed by atoms with van der Waals surface area (Å²) in [6, 6.07) is 0. The van der Waals surface area contributed by atoms with Gasteiger partial charge in [0.05, 0.1) is 5.51 Å². The van der Waals surface area contributed by atoms with Gasteiger partial charge in [-0.15, -0.1) is 11.3 Å². The van der Waals surface area contributed by atoms with Crippen LogP contribution in [-0.4, -0.2) is 11.0 Å². The van der Waals surface area contributed by atoms with Gasteiger partial charge >= 0.3 is 5.97 Å². The smallest absolute Gasteiger partial charge is 0.342 e. The molecule has 0 saturated carbocycles. The highest BCUT2D eigenvalue weighted by Crippen LogP contribution is 2.03. The maximum atomic E-state index is 10.5. The lowest BCUT2D eigenvalue weighted by molar-refractivity contribution is 0.0746. The summed E-state index contributed by atoms with van der Waals surface area (Å²) in [6.07, 6.45) is 0.